The molecule has 2 aliphatic rings. The van der Waals surface area contributed by atoms with Crippen LogP contribution in [0.15, 0.2) is 29.3 Å². The van der Waals surface area contributed by atoms with E-state index in [9.17, 15) is 9.59 Å². The lowest BCUT2D eigenvalue weighted by Gasteiger charge is -2.37. The van der Waals surface area contributed by atoms with Crippen LogP contribution in [0.2, 0.25) is 5.02 Å². The van der Waals surface area contributed by atoms with Gasteiger partial charge in [-0.2, -0.15) is 0 Å². The summed E-state index contributed by atoms with van der Waals surface area (Å²) in [6.07, 6.45) is 0. The molecule has 8 heteroatoms. The summed E-state index contributed by atoms with van der Waals surface area (Å²) in [5.74, 6) is -1.44. The number of likely N-dealkylation sites (N-methyl/N-ethyl adjacent to an activating group) is 1. The maximum Gasteiger partial charge on any atom is 0.321 e. The van der Waals surface area contributed by atoms with Gasteiger partial charge < -0.3 is 14.5 Å². The van der Waals surface area contributed by atoms with Gasteiger partial charge in [-0.05, 0) is 31.7 Å². The van der Waals surface area contributed by atoms with Crippen molar-refractivity contribution in [3.05, 3.63) is 34.9 Å². The number of amides is 1. The number of piperazine rings is 1. The van der Waals surface area contributed by atoms with Crippen molar-refractivity contribution >= 4 is 29.4 Å². The van der Waals surface area contributed by atoms with Gasteiger partial charge in [0, 0.05) is 31.2 Å². The lowest BCUT2D eigenvalue weighted by molar-refractivity contribution is -0.153. The van der Waals surface area contributed by atoms with E-state index in [0.717, 1.165) is 31.7 Å². The van der Waals surface area contributed by atoms with E-state index < -0.39 is 17.9 Å². The average Bonchev–Trinajstić information content (AvgIpc) is 2.62. The summed E-state index contributed by atoms with van der Waals surface area (Å²) in [4.78, 5) is 34.1. The van der Waals surface area contributed by atoms with E-state index in [-0.39, 0.29) is 12.5 Å². The molecule has 7 nitrogen and oxygen atoms in total. The molecule has 2 heterocycles. The molecular weight excluding hydrogens is 356 g/mol. The van der Waals surface area contributed by atoms with Gasteiger partial charge in [-0.3, -0.25) is 14.9 Å². The monoisotopic (exact) mass is 378 g/mol. The van der Waals surface area contributed by atoms with Crippen LogP contribution >= 0.6 is 11.6 Å². The third kappa shape index (κ3) is 3.99. The van der Waals surface area contributed by atoms with Crippen LogP contribution in [-0.4, -0.2) is 67.5 Å². The Kier molecular flexibility index (Phi) is 5.78. The number of hydrogen-bond donors (Lipinski definition) is 1. The summed E-state index contributed by atoms with van der Waals surface area (Å²) in [5.41, 5.74) is 0.758. The van der Waals surface area contributed by atoms with Crippen LogP contribution in [0.5, 0.6) is 0 Å². The summed E-state index contributed by atoms with van der Waals surface area (Å²) in [5, 5.41) is 3.38. The predicted molar refractivity (Wildman–Crippen MR) is 99.0 cm³/mol. The molecule has 1 aromatic rings. The van der Waals surface area contributed by atoms with Gasteiger partial charge in [0.2, 0.25) is 11.9 Å². The van der Waals surface area contributed by atoms with Crippen LogP contribution < -0.4 is 5.32 Å². The van der Waals surface area contributed by atoms with Crippen LogP contribution in [0.3, 0.4) is 0 Å². The van der Waals surface area contributed by atoms with Crippen molar-refractivity contribution in [1.29, 1.82) is 0 Å². The number of halogens is 1. The molecule has 0 aliphatic carbocycles. The van der Waals surface area contributed by atoms with Gasteiger partial charge in [-0.15, -0.1) is 0 Å². The predicted octanol–water partition coefficient (Wildman–Crippen LogP) is 1.29. The van der Waals surface area contributed by atoms with E-state index in [1.165, 1.54) is 0 Å². The molecule has 26 heavy (non-hydrogen) atoms. The highest BCUT2D eigenvalue weighted by molar-refractivity contribution is 6.30. The summed E-state index contributed by atoms with van der Waals surface area (Å²) in [6, 6.07) is 6.42. The second-order valence-corrected chi connectivity index (χ2v) is 6.89. The van der Waals surface area contributed by atoms with Gasteiger partial charge in [-0.25, -0.2) is 4.99 Å². The van der Waals surface area contributed by atoms with Crippen molar-refractivity contribution in [2.75, 3.05) is 39.8 Å². The minimum Gasteiger partial charge on any atom is -0.465 e. The third-order valence-corrected chi connectivity index (χ3v) is 4.90. The van der Waals surface area contributed by atoms with E-state index in [0.29, 0.717) is 11.0 Å². The summed E-state index contributed by atoms with van der Waals surface area (Å²) < 4.78 is 5.11. The third-order valence-electron chi connectivity index (χ3n) is 4.65. The molecule has 0 saturated carbocycles. The summed E-state index contributed by atoms with van der Waals surface area (Å²) in [7, 11) is 2.06. The summed E-state index contributed by atoms with van der Waals surface area (Å²) in [6.45, 7) is 5.25. The first kappa shape index (κ1) is 18.7. The first-order valence-corrected chi connectivity index (χ1v) is 9.11. The number of ether oxygens (including phenoxy) is 1. The molecule has 0 radical (unpaired) electrons. The number of rotatable bonds is 3. The van der Waals surface area contributed by atoms with Gasteiger partial charge in [0.1, 0.15) is 6.04 Å². The quantitative estimate of drug-likeness (QED) is 0.633. The zero-order valence-corrected chi connectivity index (χ0v) is 15.7. The largest absolute Gasteiger partial charge is 0.465 e. The number of aliphatic imine (C=N–C) groups is 1. The molecule has 0 unspecified atom stereocenters. The van der Waals surface area contributed by atoms with E-state index in [4.69, 9.17) is 21.3 Å². The average molecular weight is 379 g/mol. The van der Waals surface area contributed by atoms with Crippen molar-refractivity contribution in [1.82, 2.24) is 15.1 Å². The Morgan fingerprint density at radius 3 is 2.54 bits per heavy atom. The van der Waals surface area contributed by atoms with Crippen LogP contribution in [0.25, 0.3) is 0 Å². The number of guanidine groups is 1. The highest BCUT2D eigenvalue weighted by Crippen LogP contribution is 2.31. The minimum atomic E-state index is -1.01. The Bertz CT molecular complexity index is 699. The molecule has 1 fully saturated rings. The Morgan fingerprint density at radius 1 is 1.27 bits per heavy atom. The van der Waals surface area contributed by atoms with Crippen molar-refractivity contribution < 1.29 is 14.3 Å². The van der Waals surface area contributed by atoms with Crippen LogP contribution in [0.4, 0.5) is 0 Å². The lowest BCUT2D eigenvalue weighted by atomic mass is 9.91. The molecule has 0 bridgehead atoms. The van der Waals surface area contributed by atoms with Gasteiger partial charge in [0.15, 0.2) is 5.92 Å². The molecule has 1 aromatic carbocycles. The van der Waals surface area contributed by atoms with E-state index >= 15 is 0 Å². The van der Waals surface area contributed by atoms with E-state index in [1.54, 1.807) is 31.2 Å². The SMILES string of the molecule is CCOC(=O)[C@H]1C(=O)NC(N2CCN(C)CC2)=N[C@H]1c1ccc(Cl)cc1. The van der Waals surface area contributed by atoms with E-state index in [1.807, 2.05) is 4.90 Å². The fourth-order valence-electron chi connectivity index (χ4n) is 3.14. The standard InChI is InChI=1S/C18H23ClN4O3/c1-3-26-17(25)14-15(12-4-6-13(19)7-5-12)20-18(21-16(14)24)23-10-8-22(2)9-11-23/h4-7,14-15H,3,8-11H2,1-2H3,(H,20,21,24)/t14-,15+/m1/s1. The van der Waals surface area contributed by atoms with Crippen molar-refractivity contribution in [2.45, 2.75) is 13.0 Å². The maximum absolute atomic E-state index is 12.7. The Hall–Kier alpha value is -2.12. The van der Waals surface area contributed by atoms with Crippen molar-refractivity contribution in [2.24, 2.45) is 10.9 Å². The fourth-order valence-corrected chi connectivity index (χ4v) is 3.27. The van der Waals surface area contributed by atoms with Crippen molar-refractivity contribution in [3.63, 3.8) is 0 Å². The Balaban J connectivity index is 1.93. The van der Waals surface area contributed by atoms with Gasteiger partial charge in [-0.1, -0.05) is 23.7 Å². The number of carbonyl (C=O) groups is 2. The molecule has 3 rings (SSSR count). The number of nitrogens with zero attached hydrogens (tertiary/aromatic N) is 3. The molecule has 2 aliphatic heterocycles. The first-order valence-electron chi connectivity index (χ1n) is 8.74. The van der Waals surface area contributed by atoms with Gasteiger partial charge in [0.25, 0.3) is 0 Å². The van der Waals surface area contributed by atoms with Gasteiger partial charge >= 0.3 is 5.97 Å². The lowest BCUT2D eigenvalue weighted by Crippen LogP contribution is -2.56. The Morgan fingerprint density at radius 2 is 1.92 bits per heavy atom. The summed E-state index contributed by atoms with van der Waals surface area (Å²) >= 11 is 5.97. The molecule has 1 N–H and O–H groups in total. The van der Waals surface area contributed by atoms with Crippen LogP contribution in [0.1, 0.15) is 18.5 Å². The molecule has 140 valence electrons. The van der Waals surface area contributed by atoms with E-state index in [2.05, 4.69) is 17.3 Å². The smallest absolute Gasteiger partial charge is 0.321 e. The molecule has 1 saturated heterocycles. The minimum absolute atomic E-state index is 0.213. The van der Waals surface area contributed by atoms with Crippen molar-refractivity contribution in [3.8, 4) is 0 Å². The molecule has 0 spiro atoms. The topological polar surface area (TPSA) is 74.2 Å². The number of nitrogens with one attached hydrogen (secondary N) is 1. The molecule has 0 aromatic heterocycles. The highest BCUT2D eigenvalue weighted by atomic mass is 35.5. The molecule has 2 atom stereocenters. The zero-order valence-electron chi connectivity index (χ0n) is 14.9. The number of esters is 1. The van der Waals surface area contributed by atoms with Gasteiger partial charge in [0.05, 0.1) is 6.61 Å². The van der Waals surface area contributed by atoms with Crippen LogP contribution in [0, 0.1) is 5.92 Å². The number of benzene rings is 1. The second kappa shape index (κ2) is 8.05. The molecular formula is C18H23ClN4O3. The number of carbonyl (C=O) groups excluding carboxylic acids is 2. The Labute approximate surface area is 158 Å². The highest BCUT2D eigenvalue weighted by Gasteiger charge is 2.42. The zero-order chi connectivity index (χ0) is 18.7. The number of hydrogen-bond acceptors (Lipinski definition) is 6. The maximum atomic E-state index is 12.7. The normalized spacial score (nSPS) is 24.0. The van der Waals surface area contributed by atoms with Crippen LogP contribution in [-0.2, 0) is 14.3 Å². The fraction of sp³-hybridized carbons (Fsp3) is 0.500. The second-order valence-electron chi connectivity index (χ2n) is 6.46. The molecule has 1 amide bonds. The first-order chi connectivity index (χ1) is 12.5.